The normalized spacial score (nSPS) is 16.5. The molecule has 0 saturated heterocycles. The minimum Gasteiger partial charge on any atom is -0.0622 e. The Hall–Kier alpha value is -3.82. The highest BCUT2D eigenvalue weighted by atomic mass is 31.1. The Labute approximate surface area is 259 Å². The van der Waals surface area contributed by atoms with Crippen molar-refractivity contribution in [2.45, 2.75) is 31.1 Å². The zero-order valence-electron chi connectivity index (χ0n) is 24.3. The first kappa shape index (κ1) is 28.0. The van der Waals surface area contributed by atoms with Gasteiger partial charge < -0.3 is 0 Å². The Balaban J connectivity index is 1.35. The predicted octanol–water partition coefficient (Wildman–Crippen LogP) is 8.25. The monoisotopic (exact) mass is 590 g/mol. The van der Waals surface area contributed by atoms with Crippen LogP contribution in [-0.4, -0.2) is 0 Å². The van der Waals surface area contributed by atoms with Gasteiger partial charge in [-0.1, -0.05) is 176 Å². The maximum absolute atomic E-state index is 2.44. The third-order valence-electron chi connectivity index (χ3n) is 8.73. The summed E-state index contributed by atoms with van der Waals surface area (Å²) in [5.41, 5.74) is 3.09. The van der Waals surface area contributed by atoms with Crippen LogP contribution in [0.1, 0.15) is 42.2 Å². The van der Waals surface area contributed by atoms with E-state index in [9.17, 15) is 0 Å². The molecule has 43 heavy (non-hydrogen) atoms. The van der Waals surface area contributed by atoms with Crippen molar-refractivity contribution in [3.8, 4) is 0 Å². The number of benzene rings is 6. The van der Waals surface area contributed by atoms with E-state index in [0.29, 0.717) is 11.8 Å². The second kappa shape index (κ2) is 13.2. The Morgan fingerprint density at radius 3 is 0.930 bits per heavy atom. The molecule has 1 fully saturated rings. The Morgan fingerprint density at radius 2 is 0.605 bits per heavy atom. The van der Waals surface area contributed by atoms with Crippen molar-refractivity contribution in [3.05, 3.63) is 181 Å². The molecule has 6 aromatic carbocycles. The summed E-state index contributed by atoms with van der Waals surface area (Å²) in [4.78, 5) is 0. The average Bonchev–Trinajstić information content (AvgIpc) is 3.57. The first-order valence-corrected chi connectivity index (χ1v) is 18.0. The molecule has 0 radical (unpaired) electrons. The van der Waals surface area contributed by atoms with Gasteiger partial charge in [0.1, 0.15) is 0 Å². The SMILES string of the molecule is c1ccc(P(c2ccccc2)c2ccccc2[C@@H]2CCC[C@H]2c2ccccc2P(c2ccccc2)c2ccccc2)cc1. The third kappa shape index (κ3) is 5.88. The molecule has 0 spiro atoms. The highest BCUT2D eigenvalue weighted by Gasteiger charge is 2.35. The van der Waals surface area contributed by atoms with Crippen LogP contribution in [0.4, 0.5) is 0 Å². The van der Waals surface area contributed by atoms with E-state index in [2.05, 4.69) is 170 Å². The van der Waals surface area contributed by atoms with Gasteiger partial charge in [-0.2, -0.15) is 0 Å². The minimum atomic E-state index is -0.659. The average molecular weight is 591 g/mol. The molecule has 1 aliphatic rings. The molecule has 0 amide bonds. The van der Waals surface area contributed by atoms with Crippen molar-refractivity contribution in [3.63, 3.8) is 0 Å². The van der Waals surface area contributed by atoms with Crippen LogP contribution in [0.25, 0.3) is 0 Å². The van der Waals surface area contributed by atoms with Crippen LogP contribution in [0.15, 0.2) is 170 Å². The topological polar surface area (TPSA) is 0 Å². The number of hydrogen-bond acceptors (Lipinski definition) is 0. The van der Waals surface area contributed by atoms with Gasteiger partial charge in [-0.25, -0.2) is 0 Å². The van der Waals surface area contributed by atoms with Crippen molar-refractivity contribution in [2.24, 2.45) is 0 Å². The highest BCUT2D eigenvalue weighted by molar-refractivity contribution is 7.80. The molecule has 2 atom stereocenters. The first-order chi connectivity index (χ1) is 21.4. The maximum atomic E-state index is 2.44. The zero-order valence-corrected chi connectivity index (χ0v) is 26.1. The fourth-order valence-electron chi connectivity index (χ4n) is 6.88. The molecule has 7 rings (SSSR count). The van der Waals surface area contributed by atoms with E-state index < -0.39 is 15.8 Å². The van der Waals surface area contributed by atoms with Crippen LogP contribution in [-0.2, 0) is 0 Å². The van der Waals surface area contributed by atoms with E-state index >= 15 is 0 Å². The van der Waals surface area contributed by atoms with E-state index in [0.717, 1.165) is 0 Å². The van der Waals surface area contributed by atoms with Crippen LogP contribution in [0.2, 0.25) is 0 Å². The van der Waals surface area contributed by atoms with Crippen molar-refractivity contribution in [2.75, 3.05) is 0 Å². The van der Waals surface area contributed by atoms with E-state index in [1.807, 2.05) is 0 Å². The van der Waals surface area contributed by atoms with Gasteiger partial charge in [0.15, 0.2) is 0 Å². The number of rotatable bonds is 8. The largest absolute Gasteiger partial charge is 0.0622 e. The number of hydrogen-bond donors (Lipinski definition) is 0. The van der Waals surface area contributed by atoms with Crippen molar-refractivity contribution in [1.29, 1.82) is 0 Å². The fourth-order valence-corrected chi connectivity index (χ4v) is 11.9. The molecule has 210 valence electrons. The summed E-state index contributed by atoms with van der Waals surface area (Å²) in [6.45, 7) is 0. The maximum Gasteiger partial charge on any atom is -0.00863 e. The minimum absolute atomic E-state index is 0.498. The second-order valence-corrected chi connectivity index (χ2v) is 15.6. The van der Waals surface area contributed by atoms with Crippen LogP contribution in [0, 0.1) is 0 Å². The van der Waals surface area contributed by atoms with Gasteiger partial charge in [0.05, 0.1) is 0 Å². The summed E-state index contributed by atoms with van der Waals surface area (Å²) >= 11 is 0. The van der Waals surface area contributed by atoms with E-state index in [4.69, 9.17) is 0 Å². The summed E-state index contributed by atoms with van der Waals surface area (Å²) in [5, 5.41) is 8.70. The molecule has 0 aliphatic heterocycles. The van der Waals surface area contributed by atoms with Crippen molar-refractivity contribution in [1.82, 2.24) is 0 Å². The van der Waals surface area contributed by atoms with Crippen LogP contribution in [0.3, 0.4) is 0 Å². The molecule has 0 N–H and O–H groups in total. The molecule has 0 heterocycles. The molecule has 0 aromatic heterocycles. The lowest BCUT2D eigenvalue weighted by Crippen LogP contribution is -2.27. The second-order valence-electron chi connectivity index (χ2n) is 11.3. The first-order valence-electron chi connectivity index (χ1n) is 15.4. The lowest BCUT2D eigenvalue weighted by atomic mass is 9.84. The Morgan fingerprint density at radius 1 is 0.326 bits per heavy atom. The quantitative estimate of drug-likeness (QED) is 0.157. The summed E-state index contributed by atoms with van der Waals surface area (Å²) in [7, 11) is -1.32. The van der Waals surface area contributed by atoms with Gasteiger partial charge in [0.2, 0.25) is 0 Å². The molecule has 1 aliphatic carbocycles. The molecule has 0 unspecified atom stereocenters. The van der Waals surface area contributed by atoms with Crippen molar-refractivity contribution >= 4 is 47.7 Å². The van der Waals surface area contributed by atoms with Crippen molar-refractivity contribution < 1.29 is 0 Å². The Bertz CT molecular complexity index is 1540. The predicted molar refractivity (Wildman–Crippen MR) is 190 cm³/mol. The summed E-state index contributed by atoms with van der Waals surface area (Å²) in [6, 6.07) is 63.4. The van der Waals surface area contributed by atoms with E-state index in [1.54, 1.807) is 11.1 Å². The zero-order chi connectivity index (χ0) is 28.8. The molecule has 0 nitrogen and oxygen atoms in total. The van der Waals surface area contributed by atoms with Gasteiger partial charge >= 0.3 is 0 Å². The Kier molecular flexibility index (Phi) is 8.60. The van der Waals surface area contributed by atoms with Gasteiger partial charge in [0, 0.05) is 0 Å². The van der Waals surface area contributed by atoms with Crippen LogP contribution < -0.4 is 31.8 Å². The summed E-state index contributed by atoms with van der Waals surface area (Å²) in [6.07, 6.45) is 3.73. The van der Waals surface area contributed by atoms with E-state index in [1.165, 1.54) is 51.1 Å². The van der Waals surface area contributed by atoms with Gasteiger partial charge in [-0.15, -0.1) is 0 Å². The lowest BCUT2D eigenvalue weighted by Gasteiger charge is -2.30. The molecule has 6 aromatic rings. The van der Waals surface area contributed by atoms with Gasteiger partial charge in [0.25, 0.3) is 0 Å². The summed E-state index contributed by atoms with van der Waals surface area (Å²) in [5.74, 6) is 0.997. The standard InChI is InChI=1S/C41H36P2/c1-5-18-32(19-6-1)42(33-20-7-2-8-21-33)40-30-15-13-26-38(40)36-28-17-29-37(36)39-27-14-16-31-41(39)43(34-22-9-3-10-23-34)35-24-11-4-12-25-35/h1-16,18-27,30-31,36-37H,17,28-29H2/t36-,37-/m1/s1. The molecule has 2 heteroatoms. The van der Waals surface area contributed by atoms with Crippen LogP contribution >= 0.6 is 15.8 Å². The summed E-state index contributed by atoms with van der Waals surface area (Å²) < 4.78 is 0. The fraction of sp³-hybridized carbons (Fsp3) is 0.122. The lowest BCUT2D eigenvalue weighted by molar-refractivity contribution is 0.629. The third-order valence-corrected chi connectivity index (χ3v) is 13.8. The molecule has 0 bridgehead atoms. The van der Waals surface area contributed by atoms with Gasteiger partial charge in [-0.3, -0.25) is 0 Å². The smallest absolute Gasteiger partial charge is 0.00863 e. The van der Waals surface area contributed by atoms with Crippen LogP contribution in [0.5, 0.6) is 0 Å². The van der Waals surface area contributed by atoms with Gasteiger partial charge in [-0.05, 0) is 83.5 Å². The molecule has 1 saturated carbocycles. The molecular formula is C41H36P2. The molecular weight excluding hydrogens is 554 g/mol. The van der Waals surface area contributed by atoms with E-state index in [-0.39, 0.29) is 0 Å². The highest BCUT2D eigenvalue weighted by Crippen LogP contribution is 2.49.